The molecule has 0 spiro atoms. The number of carbonyl (C=O) groups excluding carboxylic acids is 2. The molecule has 11 heteroatoms. The molecule has 8 nitrogen and oxygen atoms in total. The molecule has 30 heavy (non-hydrogen) atoms. The Morgan fingerprint density at radius 2 is 2.07 bits per heavy atom. The lowest BCUT2D eigenvalue weighted by Gasteiger charge is -2.27. The van der Waals surface area contributed by atoms with E-state index >= 15 is 0 Å². The molecule has 1 aromatic carbocycles. The second kappa shape index (κ2) is 10.9. The van der Waals surface area contributed by atoms with Gasteiger partial charge in [0.1, 0.15) is 6.61 Å². The van der Waals surface area contributed by atoms with Crippen LogP contribution in [0.5, 0.6) is 0 Å². The third kappa shape index (κ3) is 6.31. The number of nitrogens with zero attached hydrogens (tertiary/aromatic N) is 1. The maximum atomic E-state index is 12.1. The summed E-state index contributed by atoms with van der Waals surface area (Å²) in [4.78, 5) is 26.1. The summed E-state index contributed by atoms with van der Waals surface area (Å²) in [5.74, 6) is -0.314. The number of amides is 2. The molecule has 0 saturated carbocycles. The van der Waals surface area contributed by atoms with Crippen LogP contribution < -0.4 is 15.5 Å². The smallest absolute Gasteiger partial charge is 0.261 e. The molecule has 0 aliphatic carbocycles. The predicted octanol–water partition coefficient (Wildman–Crippen LogP) is 2.51. The summed E-state index contributed by atoms with van der Waals surface area (Å²) in [5, 5.41) is 15.6. The van der Waals surface area contributed by atoms with Gasteiger partial charge in [-0.2, -0.15) is 0 Å². The molecule has 2 aromatic rings. The summed E-state index contributed by atoms with van der Waals surface area (Å²) in [5.41, 5.74) is 1.34. The predicted molar refractivity (Wildman–Crippen MR) is 116 cm³/mol. The molecular formula is C19H21Cl2N3O5S. The number of hydrogen-bond acceptors (Lipinski definition) is 7. The van der Waals surface area contributed by atoms with Crippen LogP contribution >= 0.6 is 34.5 Å². The Hall–Kier alpha value is -1.88. The lowest BCUT2D eigenvalue weighted by molar-refractivity contribution is -0.125. The molecular weight excluding hydrogens is 453 g/mol. The van der Waals surface area contributed by atoms with Crippen molar-refractivity contribution in [3.8, 4) is 0 Å². The number of ether oxygens (including phenoxy) is 2. The SMILES string of the molecule is O=C(NC[C@@H](CCl)OC(O)Nc1ccc(N2CCOCC2=O)cc1)c1ccc(Cl)s1. The second-order valence-electron chi connectivity index (χ2n) is 6.37. The summed E-state index contributed by atoms with van der Waals surface area (Å²) >= 11 is 12.9. The van der Waals surface area contributed by atoms with Crippen molar-refractivity contribution in [1.82, 2.24) is 5.32 Å². The van der Waals surface area contributed by atoms with Crippen LogP contribution in [0.3, 0.4) is 0 Å². The van der Waals surface area contributed by atoms with Gasteiger partial charge in [-0.3, -0.25) is 9.59 Å². The Kier molecular flexibility index (Phi) is 8.32. The van der Waals surface area contributed by atoms with E-state index in [2.05, 4.69) is 10.6 Å². The van der Waals surface area contributed by atoms with Crippen molar-refractivity contribution in [2.24, 2.45) is 0 Å². The van der Waals surface area contributed by atoms with Crippen molar-refractivity contribution < 1.29 is 24.2 Å². The number of aliphatic hydroxyl groups excluding tert-OH is 1. The molecule has 3 rings (SSSR count). The fraction of sp³-hybridized carbons (Fsp3) is 0.368. The maximum Gasteiger partial charge on any atom is 0.261 e. The maximum absolute atomic E-state index is 12.1. The molecule has 3 N–H and O–H groups in total. The van der Waals surface area contributed by atoms with Crippen LogP contribution in [0.2, 0.25) is 4.34 Å². The van der Waals surface area contributed by atoms with Gasteiger partial charge in [-0.15, -0.1) is 22.9 Å². The lowest BCUT2D eigenvalue weighted by Crippen LogP contribution is -2.41. The van der Waals surface area contributed by atoms with Crippen LogP contribution in [0.15, 0.2) is 36.4 Å². The van der Waals surface area contributed by atoms with Gasteiger partial charge in [0.2, 0.25) is 6.41 Å². The summed E-state index contributed by atoms with van der Waals surface area (Å²) in [6.07, 6.45) is -1.95. The summed E-state index contributed by atoms with van der Waals surface area (Å²) in [6, 6.07) is 10.3. The average Bonchev–Trinajstić information content (AvgIpc) is 3.18. The van der Waals surface area contributed by atoms with Gasteiger partial charge >= 0.3 is 0 Å². The van der Waals surface area contributed by atoms with Crippen molar-refractivity contribution in [2.75, 3.05) is 42.4 Å². The summed E-state index contributed by atoms with van der Waals surface area (Å²) in [6.45, 7) is 1.18. The van der Waals surface area contributed by atoms with Gasteiger partial charge in [-0.1, -0.05) is 11.6 Å². The highest BCUT2D eigenvalue weighted by Crippen LogP contribution is 2.22. The van der Waals surface area contributed by atoms with E-state index in [0.29, 0.717) is 28.1 Å². The normalized spacial score (nSPS) is 16.2. The van der Waals surface area contributed by atoms with Gasteiger partial charge in [0.05, 0.1) is 27.8 Å². The fourth-order valence-electron chi connectivity index (χ4n) is 2.76. The van der Waals surface area contributed by atoms with E-state index in [0.717, 1.165) is 5.69 Å². The number of alkyl halides is 1. The van der Waals surface area contributed by atoms with Gasteiger partial charge < -0.3 is 30.1 Å². The molecule has 2 atom stereocenters. The van der Waals surface area contributed by atoms with Crippen molar-refractivity contribution >= 4 is 57.7 Å². The number of benzene rings is 1. The van der Waals surface area contributed by atoms with Crippen LogP contribution in [-0.2, 0) is 14.3 Å². The highest BCUT2D eigenvalue weighted by molar-refractivity contribution is 7.18. The number of halogens is 2. The number of thiophene rings is 1. The zero-order valence-corrected chi connectivity index (χ0v) is 18.2. The minimum Gasteiger partial charge on any atom is -0.370 e. The van der Waals surface area contributed by atoms with Crippen molar-refractivity contribution in [3.63, 3.8) is 0 Å². The zero-order chi connectivity index (χ0) is 21.5. The first kappa shape index (κ1) is 22.8. The van der Waals surface area contributed by atoms with E-state index in [1.165, 1.54) is 11.3 Å². The first-order valence-corrected chi connectivity index (χ1v) is 10.9. The van der Waals surface area contributed by atoms with Crippen LogP contribution in [0.4, 0.5) is 11.4 Å². The molecule has 0 bridgehead atoms. The van der Waals surface area contributed by atoms with E-state index in [1.54, 1.807) is 41.3 Å². The van der Waals surface area contributed by atoms with E-state index in [1.807, 2.05) is 0 Å². The highest BCUT2D eigenvalue weighted by atomic mass is 35.5. The molecule has 1 aliphatic heterocycles. The van der Waals surface area contributed by atoms with E-state index in [-0.39, 0.29) is 30.8 Å². The summed E-state index contributed by atoms with van der Waals surface area (Å²) < 4.78 is 11.1. The standard InChI is InChI=1S/C19H21Cl2N3O5S/c20-9-14(10-22-18(26)15-5-6-16(21)30-15)29-19(27)23-12-1-3-13(4-2-12)24-7-8-28-11-17(24)25/h1-6,14,19,23,27H,7-11H2,(H,22,26)/t14-,19?/m1/s1. The van der Waals surface area contributed by atoms with Crippen molar-refractivity contribution in [2.45, 2.75) is 12.5 Å². The Labute approximate surface area is 187 Å². The van der Waals surface area contributed by atoms with Crippen LogP contribution in [0, 0.1) is 0 Å². The quantitative estimate of drug-likeness (QED) is 0.382. The number of hydrogen-bond donors (Lipinski definition) is 3. The number of aliphatic hydroxyl groups is 1. The minimum absolute atomic E-state index is 0.0717. The number of anilines is 2. The Bertz CT molecular complexity index is 864. The zero-order valence-electron chi connectivity index (χ0n) is 15.8. The van der Waals surface area contributed by atoms with Gasteiger partial charge in [-0.25, -0.2) is 0 Å². The Morgan fingerprint density at radius 1 is 1.30 bits per heavy atom. The minimum atomic E-state index is -1.34. The van der Waals surface area contributed by atoms with E-state index in [9.17, 15) is 14.7 Å². The molecule has 1 saturated heterocycles. The number of rotatable bonds is 9. The van der Waals surface area contributed by atoms with Crippen LogP contribution in [0.25, 0.3) is 0 Å². The first-order valence-electron chi connectivity index (χ1n) is 9.14. The average molecular weight is 474 g/mol. The summed E-state index contributed by atoms with van der Waals surface area (Å²) in [7, 11) is 0. The van der Waals surface area contributed by atoms with Crippen LogP contribution in [0.1, 0.15) is 9.67 Å². The van der Waals surface area contributed by atoms with Crippen molar-refractivity contribution in [1.29, 1.82) is 0 Å². The topological polar surface area (TPSA) is 100 Å². The molecule has 2 amide bonds. The third-order valence-electron chi connectivity index (χ3n) is 4.24. The number of nitrogens with one attached hydrogen (secondary N) is 2. The highest BCUT2D eigenvalue weighted by Gasteiger charge is 2.20. The number of morpholine rings is 1. The lowest BCUT2D eigenvalue weighted by atomic mass is 10.2. The van der Waals surface area contributed by atoms with Gasteiger partial charge in [0.25, 0.3) is 11.8 Å². The monoisotopic (exact) mass is 473 g/mol. The van der Waals surface area contributed by atoms with E-state index < -0.39 is 12.5 Å². The van der Waals surface area contributed by atoms with Gasteiger partial charge in [0, 0.05) is 24.5 Å². The third-order valence-corrected chi connectivity index (χ3v) is 5.81. The molecule has 1 unspecified atom stereocenters. The second-order valence-corrected chi connectivity index (χ2v) is 8.39. The molecule has 2 heterocycles. The Morgan fingerprint density at radius 3 is 2.70 bits per heavy atom. The molecule has 1 aromatic heterocycles. The molecule has 0 radical (unpaired) electrons. The number of carbonyl (C=O) groups is 2. The fourth-order valence-corrected chi connectivity index (χ4v) is 3.90. The van der Waals surface area contributed by atoms with Crippen molar-refractivity contribution in [3.05, 3.63) is 45.6 Å². The largest absolute Gasteiger partial charge is 0.370 e. The van der Waals surface area contributed by atoms with Gasteiger partial charge in [-0.05, 0) is 36.4 Å². The molecule has 162 valence electrons. The Balaban J connectivity index is 1.47. The molecule has 1 aliphatic rings. The first-order chi connectivity index (χ1) is 14.5. The molecule has 1 fully saturated rings. The van der Waals surface area contributed by atoms with Crippen LogP contribution in [-0.4, -0.2) is 61.6 Å². The van der Waals surface area contributed by atoms with Gasteiger partial charge in [0.15, 0.2) is 0 Å². The van der Waals surface area contributed by atoms with E-state index in [4.69, 9.17) is 32.7 Å².